The molecule has 0 aliphatic rings. The Morgan fingerprint density at radius 2 is 2.05 bits per heavy atom. The van der Waals surface area contributed by atoms with E-state index in [9.17, 15) is 4.79 Å². The lowest BCUT2D eigenvalue weighted by atomic mass is 9.92. The summed E-state index contributed by atoms with van der Waals surface area (Å²) in [7, 11) is 0. The average Bonchev–Trinajstić information content (AvgIpc) is 2.71. The van der Waals surface area contributed by atoms with Crippen LogP contribution in [0.1, 0.15) is 25.1 Å². The van der Waals surface area contributed by atoms with Gasteiger partial charge in [0.1, 0.15) is 0 Å². The molecular weight excluding hydrogens is 238 g/mol. The van der Waals surface area contributed by atoms with Crippen LogP contribution in [0, 0.1) is 12.3 Å². The SMILES string of the molecule is Cc1[nH]c2ccccc2c1CNC(=O)C(C)(C)CN. The summed E-state index contributed by atoms with van der Waals surface area (Å²) in [5, 5.41) is 4.13. The molecule has 4 heteroatoms. The van der Waals surface area contributed by atoms with Gasteiger partial charge in [-0.15, -0.1) is 0 Å². The molecule has 0 radical (unpaired) electrons. The van der Waals surface area contributed by atoms with Crippen molar-refractivity contribution in [3.05, 3.63) is 35.5 Å². The van der Waals surface area contributed by atoms with Crippen LogP contribution in [0.25, 0.3) is 10.9 Å². The van der Waals surface area contributed by atoms with Crippen LogP contribution in [0.3, 0.4) is 0 Å². The van der Waals surface area contributed by atoms with E-state index in [0.717, 1.165) is 22.2 Å². The normalized spacial score (nSPS) is 11.8. The van der Waals surface area contributed by atoms with Crippen molar-refractivity contribution < 1.29 is 4.79 Å². The molecule has 0 spiro atoms. The van der Waals surface area contributed by atoms with E-state index in [0.29, 0.717) is 13.1 Å². The number of aromatic nitrogens is 1. The molecule has 19 heavy (non-hydrogen) atoms. The molecule has 2 aromatic rings. The van der Waals surface area contributed by atoms with Crippen molar-refractivity contribution in [3.8, 4) is 0 Å². The van der Waals surface area contributed by atoms with Crippen LogP contribution in [0.4, 0.5) is 0 Å². The number of nitrogens with one attached hydrogen (secondary N) is 2. The van der Waals surface area contributed by atoms with Gasteiger partial charge < -0.3 is 16.0 Å². The van der Waals surface area contributed by atoms with Gasteiger partial charge in [-0.2, -0.15) is 0 Å². The van der Waals surface area contributed by atoms with Gasteiger partial charge in [0, 0.05) is 29.7 Å². The third-order valence-corrected chi connectivity index (χ3v) is 3.58. The van der Waals surface area contributed by atoms with E-state index in [-0.39, 0.29) is 5.91 Å². The van der Waals surface area contributed by atoms with Gasteiger partial charge in [-0.05, 0) is 32.4 Å². The first-order valence-electron chi connectivity index (χ1n) is 6.50. The van der Waals surface area contributed by atoms with Crippen LogP contribution in [0.2, 0.25) is 0 Å². The molecule has 1 aromatic carbocycles. The first-order chi connectivity index (χ1) is 8.95. The molecule has 0 saturated heterocycles. The second-order valence-electron chi connectivity index (χ2n) is 5.54. The van der Waals surface area contributed by atoms with Gasteiger partial charge in [0.05, 0.1) is 5.41 Å². The lowest BCUT2D eigenvalue weighted by Crippen LogP contribution is -2.41. The second kappa shape index (κ2) is 5.05. The highest BCUT2D eigenvalue weighted by atomic mass is 16.2. The Balaban J connectivity index is 2.19. The van der Waals surface area contributed by atoms with Crippen LogP contribution < -0.4 is 11.1 Å². The molecule has 4 nitrogen and oxygen atoms in total. The van der Waals surface area contributed by atoms with Gasteiger partial charge in [0.25, 0.3) is 0 Å². The molecule has 1 heterocycles. The predicted molar refractivity (Wildman–Crippen MR) is 77.7 cm³/mol. The minimum Gasteiger partial charge on any atom is -0.358 e. The number of carbonyl (C=O) groups excluding carboxylic acids is 1. The molecule has 4 N–H and O–H groups in total. The van der Waals surface area contributed by atoms with Crippen molar-refractivity contribution in [2.24, 2.45) is 11.1 Å². The Morgan fingerprint density at radius 1 is 1.37 bits per heavy atom. The molecule has 0 unspecified atom stereocenters. The minimum absolute atomic E-state index is 0.0142. The zero-order valence-corrected chi connectivity index (χ0v) is 11.7. The largest absolute Gasteiger partial charge is 0.358 e. The van der Waals surface area contributed by atoms with Gasteiger partial charge in [0.2, 0.25) is 5.91 Å². The first-order valence-corrected chi connectivity index (χ1v) is 6.50. The molecule has 0 bridgehead atoms. The molecule has 1 aromatic heterocycles. The fourth-order valence-electron chi connectivity index (χ4n) is 2.06. The number of fused-ring (bicyclic) bond motifs is 1. The van der Waals surface area contributed by atoms with Crippen LogP contribution in [0.5, 0.6) is 0 Å². The number of hydrogen-bond acceptors (Lipinski definition) is 2. The number of hydrogen-bond donors (Lipinski definition) is 3. The summed E-state index contributed by atoms with van der Waals surface area (Å²) >= 11 is 0. The van der Waals surface area contributed by atoms with Gasteiger partial charge in [0.15, 0.2) is 0 Å². The summed E-state index contributed by atoms with van der Waals surface area (Å²) in [6.45, 7) is 6.59. The summed E-state index contributed by atoms with van der Waals surface area (Å²) in [5.41, 5.74) is 8.41. The van der Waals surface area contributed by atoms with E-state index in [2.05, 4.69) is 16.4 Å². The molecule has 0 aliphatic heterocycles. The lowest BCUT2D eigenvalue weighted by molar-refractivity contribution is -0.129. The fourth-order valence-corrected chi connectivity index (χ4v) is 2.06. The highest BCUT2D eigenvalue weighted by Gasteiger charge is 2.25. The van der Waals surface area contributed by atoms with Gasteiger partial charge >= 0.3 is 0 Å². The third-order valence-electron chi connectivity index (χ3n) is 3.58. The Labute approximate surface area is 113 Å². The molecule has 0 atom stereocenters. The van der Waals surface area contributed by atoms with Gasteiger partial charge in [-0.1, -0.05) is 18.2 Å². The number of aryl methyl sites for hydroxylation is 1. The Morgan fingerprint density at radius 3 is 2.74 bits per heavy atom. The number of rotatable bonds is 4. The van der Waals surface area contributed by atoms with E-state index < -0.39 is 5.41 Å². The van der Waals surface area contributed by atoms with Gasteiger partial charge in [-0.3, -0.25) is 4.79 Å². The van der Waals surface area contributed by atoms with Crippen molar-refractivity contribution in [2.45, 2.75) is 27.3 Å². The topological polar surface area (TPSA) is 70.9 Å². The van der Waals surface area contributed by atoms with Crippen molar-refractivity contribution >= 4 is 16.8 Å². The number of amides is 1. The third kappa shape index (κ3) is 2.63. The Hall–Kier alpha value is -1.81. The van der Waals surface area contributed by atoms with E-state index in [4.69, 9.17) is 5.73 Å². The standard InChI is InChI=1S/C15H21N3O/c1-10-12(8-17-14(19)15(2,3)9-16)11-6-4-5-7-13(11)18-10/h4-7,18H,8-9,16H2,1-3H3,(H,17,19). The first kappa shape index (κ1) is 13.6. The van der Waals surface area contributed by atoms with Gasteiger partial charge in [-0.25, -0.2) is 0 Å². The number of para-hydroxylation sites is 1. The van der Waals surface area contributed by atoms with E-state index in [1.54, 1.807) is 0 Å². The highest BCUT2D eigenvalue weighted by Crippen LogP contribution is 2.22. The maximum absolute atomic E-state index is 12.0. The van der Waals surface area contributed by atoms with Crippen LogP contribution in [-0.2, 0) is 11.3 Å². The molecule has 0 aliphatic carbocycles. The summed E-state index contributed by atoms with van der Waals surface area (Å²) in [4.78, 5) is 15.4. The summed E-state index contributed by atoms with van der Waals surface area (Å²) in [6, 6.07) is 8.11. The predicted octanol–water partition coefficient (Wildman–Crippen LogP) is 2.08. The monoisotopic (exact) mass is 259 g/mol. The maximum Gasteiger partial charge on any atom is 0.227 e. The number of H-pyrrole nitrogens is 1. The molecule has 102 valence electrons. The summed E-state index contributed by atoms with van der Waals surface area (Å²) in [6.07, 6.45) is 0. The minimum atomic E-state index is -0.528. The zero-order chi connectivity index (χ0) is 14.0. The quantitative estimate of drug-likeness (QED) is 0.786. The van der Waals surface area contributed by atoms with Crippen molar-refractivity contribution in [2.75, 3.05) is 6.54 Å². The van der Waals surface area contributed by atoms with Crippen LogP contribution in [0.15, 0.2) is 24.3 Å². The smallest absolute Gasteiger partial charge is 0.227 e. The maximum atomic E-state index is 12.0. The fraction of sp³-hybridized carbons (Fsp3) is 0.400. The molecule has 0 fully saturated rings. The van der Waals surface area contributed by atoms with Crippen molar-refractivity contribution in [1.82, 2.24) is 10.3 Å². The number of nitrogens with two attached hydrogens (primary N) is 1. The number of aromatic amines is 1. The van der Waals surface area contributed by atoms with Crippen molar-refractivity contribution in [3.63, 3.8) is 0 Å². The lowest BCUT2D eigenvalue weighted by Gasteiger charge is -2.21. The molecule has 2 rings (SSSR count). The highest BCUT2D eigenvalue weighted by molar-refractivity contribution is 5.86. The molecule has 0 saturated carbocycles. The van der Waals surface area contributed by atoms with E-state index in [1.807, 2.05) is 39.0 Å². The summed E-state index contributed by atoms with van der Waals surface area (Å²) < 4.78 is 0. The number of benzene rings is 1. The average molecular weight is 259 g/mol. The second-order valence-corrected chi connectivity index (χ2v) is 5.54. The molecule has 1 amide bonds. The van der Waals surface area contributed by atoms with E-state index >= 15 is 0 Å². The number of carbonyl (C=O) groups is 1. The van der Waals surface area contributed by atoms with Crippen molar-refractivity contribution in [1.29, 1.82) is 0 Å². The zero-order valence-electron chi connectivity index (χ0n) is 11.7. The molecular formula is C15H21N3O. The van der Waals surface area contributed by atoms with E-state index in [1.165, 1.54) is 0 Å². The Bertz CT molecular complexity index is 598. The van der Waals surface area contributed by atoms with Crippen LogP contribution >= 0.6 is 0 Å². The van der Waals surface area contributed by atoms with Crippen LogP contribution in [-0.4, -0.2) is 17.4 Å². The summed E-state index contributed by atoms with van der Waals surface area (Å²) in [5.74, 6) is -0.0142. The Kier molecular flexibility index (Phi) is 3.62.